The predicted octanol–water partition coefficient (Wildman–Crippen LogP) is 3.05. The largest absolute Gasteiger partial charge is 0.476 e. The summed E-state index contributed by atoms with van der Waals surface area (Å²) in [6, 6.07) is 0. The van der Waals surface area contributed by atoms with Crippen LogP contribution in [0.3, 0.4) is 0 Å². The summed E-state index contributed by atoms with van der Waals surface area (Å²) in [4.78, 5) is 19.9. The molecule has 0 saturated carbocycles. The van der Waals surface area contributed by atoms with Gasteiger partial charge in [-0.25, -0.2) is 14.5 Å². The van der Waals surface area contributed by atoms with Gasteiger partial charge in [0, 0.05) is 18.0 Å². The minimum Gasteiger partial charge on any atom is -0.476 e. The second-order valence-corrected chi connectivity index (χ2v) is 5.81. The monoisotopic (exact) mass is 298 g/mol. The molecule has 0 amide bonds. The van der Waals surface area contributed by atoms with Crippen molar-refractivity contribution in [2.75, 3.05) is 0 Å². The number of carboxylic acid groups (broad SMARTS) is 1. The molecule has 0 spiro atoms. The molecular weight excluding hydrogens is 280 g/mol. The Morgan fingerprint density at radius 2 is 2.14 bits per heavy atom. The van der Waals surface area contributed by atoms with Crippen LogP contribution in [0.1, 0.15) is 61.3 Å². The van der Waals surface area contributed by atoms with Crippen LogP contribution in [0, 0.1) is 0 Å². The standard InChI is InChI=1S/C16H18N4O2/c1-9(2)11-5-4-10(3)13-14(16(21)22)19-20(15(11)13)12-8-17-6-7-18-12/h6-8,10H,4-5H2,1-3H3,(H,21,22)/t10-/m1/s1. The third-order valence-corrected chi connectivity index (χ3v) is 4.10. The first kappa shape index (κ1) is 14.4. The summed E-state index contributed by atoms with van der Waals surface area (Å²) in [5.74, 6) is -0.297. The van der Waals surface area contributed by atoms with Crippen molar-refractivity contribution in [2.24, 2.45) is 0 Å². The number of aromatic nitrogens is 4. The van der Waals surface area contributed by atoms with Crippen LogP contribution in [0.25, 0.3) is 11.4 Å². The Morgan fingerprint density at radius 3 is 2.73 bits per heavy atom. The van der Waals surface area contributed by atoms with Gasteiger partial charge in [-0.15, -0.1) is 0 Å². The summed E-state index contributed by atoms with van der Waals surface area (Å²) < 4.78 is 1.63. The van der Waals surface area contributed by atoms with Crippen molar-refractivity contribution < 1.29 is 9.90 Å². The molecular formula is C16H18N4O2. The molecule has 0 radical (unpaired) electrons. The molecule has 22 heavy (non-hydrogen) atoms. The summed E-state index contributed by atoms with van der Waals surface area (Å²) in [7, 11) is 0. The van der Waals surface area contributed by atoms with E-state index in [1.165, 1.54) is 5.57 Å². The van der Waals surface area contributed by atoms with E-state index in [9.17, 15) is 9.90 Å². The fraction of sp³-hybridized carbons (Fsp3) is 0.375. The zero-order valence-electron chi connectivity index (χ0n) is 12.9. The third-order valence-electron chi connectivity index (χ3n) is 4.10. The molecule has 6 nitrogen and oxygen atoms in total. The van der Waals surface area contributed by atoms with Crippen molar-refractivity contribution >= 4 is 11.5 Å². The van der Waals surface area contributed by atoms with Crippen LogP contribution >= 0.6 is 0 Å². The normalized spacial score (nSPS) is 17.2. The van der Waals surface area contributed by atoms with Crippen molar-refractivity contribution in [3.8, 4) is 5.82 Å². The lowest BCUT2D eigenvalue weighted by Gasteiger charge is -2.24. The van der Waals surface area contributed by atoms with Crippen molar-refractivity contribution in [3.63, 3.8) is 0 Å². The molecule has 0 fully saturated rings. The molecule has 114 valence electrons. The highest BCUT2D eigenvalue weighted by molar-refractivity contribution is 5.90. The second kappa shape index (κ2) is 5.36. The number of allylic oxidation sites excluding steroid dienone is 2. The van der Waals surface area contributed by atoms with Gasteiger partial charge < -0.3 is 5.11 Å². The summed E-state index contributed by atoms with van der Waals surface area (Å²) in [5, 5.41) is 13.8. The molecule has 1 aliphatic rings. The maximum absolute atomic E-state index is 11.6. The van der Waals surface area contributed by atoms with Gasteiger partial charge in [-0.05, 0) is 38.2 Å². The van der Waals surface area contributed by atoms with E-state index in [0.717, 1.165) is 29.7 Å². The van der Waals surface area contributed by atoms with Crippen LogP contribution in [0.5, 0.6) is 0 Å². The summed E-state index contributed by atoms with van der Waals surface area (Å²) >= 11 is 0. The molecule has 0 saturated heterocycles. The van der Waals surface area contributed by atoms with Gasteiger partial charge in [-0.3, -0.25) is 4.98 Å². The number of aromatic carboxylic acids is 1. The van der Waals surface area contributed by atoms with Crippen LogP contribution in [0.2, 0.25) is 0 Å². The van der Waals surface area contributed by atoms with E-state index in [0.29, 0.717) is 5.82 Å². The fourth-order valence-electron chi connectivity index (χ4n) is 3.02. The van der Waals surface area contributed by atoms with E-state index in [1.54, 1.807) is 23.3 Å². The smallest absolute Gasteiger partial charge is 0.356 e. The Kier molecular flexibility index (Phi) is 3.52. The van der Waals surface area contributed by atoms with Gasteiger partial charge in [0.15, 0.2) is 11.5 Å². The zero-order valence-corrected chi connectivity index (χ0v) is 12.9. The van der Waals surface area contributed by atoms with Crippen LogP contribution < -0.4 is 0 Å². The van der Waals surface area contributed by atoms with Crippen LogP contribution in [0.15, 0.2) is 24.2 Å². The number of carbonyl (C=O) groups is 1. The van der Waals surface area contributed by atoms with Crippen molar-refractivity contribution in [1.82, 2.24) is 19.7 Å². The van der Waals surface area contributed by atoms with E-state index < -0.39 is 5.97 Å². The Bertz CT molecular complexity index is 758. The van der Waals surface area contributed by atoms with E-state index in [2.05, 4.69) is 22.0 Å². The van der Waals surface area contributed by atoms with Crippen molar-refractivity contribution in [3.05, 3.63) is 41.1 Å². The molecule has 3 rings (SSSR count). The number of nitrogens with zero attached hydrogens (tertiary/aromatic N) is 4. The highest BCUT2D eigenvalue weighted by Crippen LogP contribution is 2.42. The molecule has 1 atom stereocenters. The van der Waals surface area contributed by atoms with Crippen LogP contribution in [-0.4, -0.2) is 30.8 Å². The summed E-state index contributed by atoms with van der Waals surface area (Å²) in [6.07, 6.45) is 6.61. The molecule has 2 aromatic rings. The lowest BCUT2D eigenvalue weighted by Crippen LogP contribution is -2.12. The van der Waals surface area contributed by atoms with Gasteiger partial charge in [0.05, 0.1) is 11.9 Å². The fourth-order valence-corrected chi connectivity index (χ4v) is 3.02. The van der Waals surface area contributed by atoms with E-state index in [1.807, 2.05) is 13.8 Å². The van der Waals surface area contributed by atoms with Crippen molar-refractivity contribution in [1.29, 1.82) is 0 Å². The Labute approximate surface area is 128 Å². The Balaban J connectivity index is 2.35. The number of fused-ring (bicyclic) bond motifs is 1. The van der Waals surface area contributed by atoms with E-state index in [4.69, 9.17) is 0 Å². The molecule has 0 aliphatic heterocycles. The molecule has 6 heteroatoms. The lowest BCUT2D eigenvalue weighted by atomic mass is 9.82. The predicted molar refractivity (Wildman–Crippen MR) is 82.0 cm³/mol. The van der Waals surface area contributed by atoms with Gasteiger partial charge in [0.2, 0.25) is 0 Å². The van der Waals surface area contributed by atoms with Crippen molar-refractivity contribution in [2.45, 2.75) is 39.5 Å². The molecule has 0 aromatic carbocycles. The molecule has 0 unspecified atom stereocenters. The summed E-state index contributed by atoms with van der Waals surface area (Å²) in [5.41, 5.74) is 4.12. The zero-order chi connectivity index (χ0) is 15.9. The third kappa shape index (κ3) is 2.20. The van der Waals surface area contributed by atoms with Gasteiger partial charge >= 0.3 is 5.97 Å². The van der Waals surface area contributed by atoms with Gasteiger partial charge in [0.1, 0.15) is 0 Å². The topological polar surface area (TPSA) is 80.9 Å². The van der Waals surface area contributed by atoms with Crippen LogP contribution in [-0.2, 0) is 0 Å². The Morgan fingerprint density at radius 1 is 1.36 bits per heavy atom. The maximum Gasteiger partial charge on any atom is 0.356 e. The first-order valence-electron chi connectivity index (χ1n) is 7.30. The second-order valence-electron chi connectivity index (χ2n) is 5.81. The van der Waals surface area contributed by atoms with Crippen LogP contribution in [0.4, 0.5) is 0 Å². The van der Waals surface area contributed by atoms with Gasteiger partial charge in [0.25, 0.3) is 0 Å². The van der Waals surface area contributed by atoms with E-state index >= 15 is 0 Å². The lowest BCUT2D eigenvalue weighted by molar-refractivity contribution is 0.0688. The Hall–Kier alpha value is -2.50. The highest BCUT2D eigenvalue weighted by Gasteiger charge is 2.32. The number of rotatable bonds is 2. The minimum absolute atomic E-state index is 0.117. The SMILES string of the molecule is CC(C)=C1CC[C@@H](C)c2c(C(=O)O)nn(-c3cnccn3)c21. The quantitative estimate of drug-likeness (QED) is 0.921. The maximum atomic E-state index is 11.6. The number of carboxylic acids is 1. The summed E-state index contributed by atoms with van der Waals surface area (Å²) in [6.45, 7) is 6.14. The average Bonchev–Trinajstić information content (AvgIpc) is 2.89. The van der Waals surface area contributed by atoms with Gasteiger partial charge in [-0.2, -0.15) is 5.10 Å². The minimum atomic E-state index is -0.999. The first-order valence-corrected chi connectivity index (χ1v) is 7.30. The average molecular weight is 298 g/mol. The van der Waals surface area contributed by atoms with E-state index in [-0.39, 0.29) is 11.6 Å². The highest BCUT2D eigenvalue weighted by atomic mass is 16.4. The molecule has 1 aliphatic carbocycles. The number of hydrogen-bond donors (Lipinski definition) is 1. The molecule has 2 aromatic heterocycles. The number of hydrogen-bond acceptors (Lipinski definition) is 4. The molecule has 2 heterocycles. The first-order chi connectivity index (χ1) is 10.5. The molecule has 0 bridgehead atoms. The van der Waals surface area contributed by atoms with Gasteiger partial charge in [-0.1, -0.05) is 12.5 Å². The molecule has 1 N–H and O–H groups in total.